The molecule has 1 heterocycles. The van der Waals surface area contributed by atoms with Crippen molar-refractivity contribution in [2.75, 3.05) is 19.6 Å². The molecule has 0 bridgehead atoms. The van der Waals surface area contributed by atoms with Crippen molar-refractivity contribution in [2.45, 2.75) is 45.6 Å². The molecule has 1 amide bonds. The third-order valence-corrected chi connectivity index (χ3v) is 3.59. The lowest BCUT2D eigenvalue weighted by Gasteiger charge is -2.37. The third kappa shape index (κ3) is 3.20. The second-order valence-electron chi connectivity index (χ2n) is 5.70. The Bertz CT molecular complexity index is 236. The van der Waals surface area contributed by atoms with Gasteiger partial charge in [0.15, 0.2) is 0 Å². The zero-order valence-electron chi connectivity index (χ0n) is 9.88. The Labute approximate surface area is 92.2 Å². The van der Waals surface area contributed by atoms with Gasteiger partial charge in [0.25, 0.3) is 0 Å². The van der Waals surface area contributed by atoms with E-state index in [4.69, 9.17) is 0 Å². The second kappa shape index (κ2) is 4.12. The van der Waals surface area contributed by atoms with Crippen LogP contribution in [0.3, 0.4) is 0 Å². The van der Waals surface area contributed by atoms with E-state index >= 15 is 0 Å². The minimum atomic E-state index is 0.289. The average Bonchev–Trinajstić information content (AvgIpc) is 2.97. The van der Waals surface area contributed by atoms with Crippen LogP contribution < -0.4 is 5.32 Å². The van der Waals surface area contributed by atoms with E-state index in [-0.39, 0.29) is 5.91 Å². The van der Waals surface area contributed by atoms with E-state index in [1.807, 2.05) is 4.90 Å². The first-order valence-corrected chi connectivity index (χ1v) is 6.08. The van der Waals surface area contributed by atoms with Crippen LogP contribution in [-0.4, -0.2) is 36.5 Å². The number of hydrogen-bond acceptors (Lipinski definition) is 2. The summed E-state index contributed by atoms with van der Waals surface area (Å²) in [6.07, 6.45) is 4.78. The van der Waals surface area contributed by atoms with Gasteiger partial charge in [-0.05, 0) is 31.1 Å². The van der Waals surface area contributed by atoms with Crippen molar-refractivity contribution in [3.05, 3.63) is 0 Å². The van der Waals surface area contributed by atoms with Crippen LogP contribution >= 0.6 is 0 Å². The fourth-order valence-electron chi connectivity index (χ4n) is 1.99. The van der Waals surface area contributed by atoms with Gasteiger partial charge in [-0.25, -0.2) is 0 Å². The highest BCUT2D eigenvalue weighted by Gasteiger charge is 2.28. The molecule has 0 unspecified atom stereocenters. The highest BCUT2D eigenvalue weighted by molar-refractivity contribution is 5.78. The number of hydrogen-bond donors (Lipinski definition) is 1. The Morgan fingerprint density at radius 2 is 1.93 bits per heavy atom. The van der Waals surface area contributed by atoms with Crippen LogP contribution in [0.25, 0.3) is 0 Å². The van der Waals surface area contributed by atoms with Crippen molar-refractivity contribution in [2.24, 2.45) is 5.41 Å². The molecule has 1 saturated carbocycles. The van der Waals surface area contributed by atoms with Crippen LogP contribution in [-0.2, 0) is 4.79 Å². The monoisotopic (exact) mass is 210 g/mol. The van der Waals surface area contributed by atoms with Gasteiger partial charge in [0, 0.05) is 19.1 Å². The summed E-state index contributed by atoms with van der Waals surface area (Å²) in [7, 11) is 0. The average molecular weight is 210 g/mol. The van der Waals surface area contributed by atoms with Crippen LogP contribution in [0.2, 0.25) is 0 Å². The maximum Gasteiger partial charge on any atom is 0.236 e. The predicted octanol–water partition coefficient (Wildman–Crippen LogP) is 1.39. The molecular formula is C12H22N2O. The van der Waals surface area contributed by atoms with Gasteiger partial charge < -0.3 is 10.2 Å². The molecule has 2 aliphatic rings. The number of nitrogens with zero attached hydrogens (tertiary/aromatic N) is 1. The first kappa shape index (κ1) is 10.9. The van der Waals surface area contributed by atoms with Crippen molar-refractivity contribution < 1.29 is 4.79 Å². The molecular weight excluding hydrogens is 188 g/mol. The first-order chi connectivity index (χ1) is 7.07. The first-order valence-electron chi connectivity index (χ1n) is 6.08. The number of piperidine rings is 1. The van der Waals surface area contributed by atoms with E-state index in [1.54, 1.807) is 0 Å². The number of amides is 1. The molecule has 0 aromatic carbocycles. The summed E-state index contributed by atoms with van der Waals surface area (Å²) in [6.45, 7) is 7.01. The van der Waals surface area contributed by atoms with Crippen LogP contribution in [0, 0.1) is 5.41 Å². The number of rotatable bonds is 3. The summed E-state index contributed by atoms with van der Waals surface area (Å²) in [4.78, 5) is 13.8. The van der Waals surface area contributed by atoms with Crippen LogP contribution in [0.1, 0.15) is 39.5 Å². The van der Waals surface area contributed by atoms with Gasteiger partial charge in [0.05, 0.1) is 6.54 Å². The summed E-state index contributed by atoms with van der Waals surface area (Å²) in [5.74, 6) is 0.289. The summed E-state index contributed by atoms with van der Waals surface area (Å²) >= 11 is 0. The van der Waals surface area contributed by atoms with Gasteiger partial charge in [-0.3, -0.25) is 4.79 Å². The predicted molar refractivity (Wildman–Crippen MR) is 60.6 cm³/mol. The van der Waals surface area contributed by atoms with E-state index in [9.17, 15) is 4.79 Å². The van der Waals surface area contributed by atoms with Crippen molar-refractivity contribution >= 4 is 5.91 Å². The zero-order valence-corrected chi connectivity index (χ0v) is 9.88. The van der Waals surface area contributed by atoms with Gasteiger partial charge in [-0.15, -0.1) is 0 Å². The molecule has 2 rings (SSSR count). The lowest BCUT2D eigenvalue weighted by atomic mass is 9.83. The molecule has 15 heavy (non-hydrogen) atoms. The van der Waals surface area contributed by atoms with E-state index in [0.717, 1.165) is 25.9 Å². The second-order valence-corrected chi connectivity index (χ2v) is 5.70. The topological polar surface area (TPSA) is 32.3 Å². The standard InChI is InChI=1S/C12H22N2O/c1-12(2)5-7-14(8-6-12)11(15)9-13-10-3-4-10/h10,13H,3-9H2,1-2H3. The van der Waals surface area contributed by atoms with Crippen molar-refractivity contribution in [1.29, 1.82) is 0 Å². The molecule has 0 spiro atoms. The number of carbonyl (C=O) groups is 1. The molecule has 0 aromatic heterocycles. The van der Waals surface area contributed by atoms with E-state index < -0.39 is 0 Å². The molecule has 1 aliphatic carbocycles. The Kier molecular flexibility index (Phi) is 3.01. The molecule has 0 aromatic rings. The third-order valence-electron chi connectivity index (χ3n) is 3.59. The van der Waals surface area contributed by atoms with Gasteiger partial charge in [-0.2, -0.15) is 0 Å². The maximum absolute atomic E-state index is 11.8. The zero-order chi connectivity index (χ0) is 10.9. The van der Waals surface area contributed by atoms with Crippen LogP contribution in [0.4, 0.5) is 0 Å². The lowest BCUT2D eigenvalue weighted by molar-refractivity contribution is -0.132. The molecule has 2 fully saturated rings. The molecule has 0 atom stereocenters. The van der Waals surface area contributed by atoms with Gasteiger partial charge in [0.1, 0.15) is 0 Å². The van der Waals surface area contributed by atoms with E-state index in [2.05, 4.69) is 19.2 Å². The smallest absolute Gasteiger partial charge is 0.236 e. The molecule has 86 valence electrons. The maximum atomic E-state index is 11.8. The summed E-state index contributed by atoms with van der Waals surface area (Å²) in [5.41, 5.74) is 0.431. The largest absolute Gasteiger partial charge is 0.342 e. The fourth-order valence-corrected chi connectivity index (χ4v) is 1.99. The van der Waals surface area contributed by atoms with Gasteiger partial charge in [0.2, 0.25) is 5.91 Å². The molecule has 0 radical (unpaired) electrons. The Balaban J connectivity index is 1.71. The summed E-state index contributed by atoms with van der Waals surface area (Å²) in [6, 6.07) is 0.634. The van der Waals surface area contributed by atoms with Gasteiger partial charge in [-0.1, -0.05) is 13.8 Å². The quantitative estimate of drug-likeness (QED) is 0.763. The van der Waals surface area contributed by atoms with E-state index in [1.165, 1.54) is 12.8 Å². The van der Waals surface area contributed by atoms with Crippen molar-refractivity contribution in [1.82, 2.24) is 10.2 Å². The number of likely N-dealkylation sites (tertiary alicyclic amines) is 1. The number of nitrogens with one attached hydrogen (secondary N) is 1. The van der Waals surface area contributed by atoms with Gasteiger partial charge >= 0.3 is 0 Å². The summed E-state index contributed by atoms with van der Waals surface area (Å²) in [5, 5.41) is 3.28. The highest BCUT2D eigenvalue weighted by Crippen LogP contribution is 2.29. The SMILES string of the molecule is CC1(C)CCN(C(=O)CNC2CC2)CC1. The Morgan fingerprint density at radius 1 is 1.33 bits per heavy atom. The molecule has 3 nitrogen and oxygen atoms in total. The Morgan fingerprint density at radius 3 is 2.47 bits per heavy atom. The van der Waals surface area contributed by atoms with Crippen LogP contribution in [0.15, 0.2) is 0 Å². The highest BCUT2D eigenvalue weighted by atomic mass is 16.2. The summed E-state index contributed by atoms with van der Waals surface area (Å²) < 4.78 is 0. The van der Waals surface area contributed by atoms with Crippen molar-refractivity contribution in [3.63, 3.8) is 0 Å². The molecule has 3 heteroatoms. The molecule has 1 saturated heterocycles. The number of carbonyl (C=O) groups excluding carboxylic acids is 1. The fraction of sp³-hybridized carbons (Fsp3) is 0.917. The van der Waals surface area contributed by atoms with E-state index in [0.29, 0.717) is 18.0 Å². The Hall–Kier alpha value is -0.570. The van der Waals surface area contributed by atoms with Crippen LogP contribution in [0.5, 0.6) is 0 Å². The minimum Gasteiger partial charge on any atom is -0.342 e. The molecule has 1 aliphatic heterocycles. The van der Waals surface area contributed by atoms with Crippen molar-refractivity contribution in [3.8, 4) is 0 Å². The minimum absolute atomic E-state index is 0.289. The molecule has 1 N–H and O–H groups in total. The normalized spacial score (nSPS) is 25.3. The lowest BCUT2D eigenvalue weighted by Crippen LogP contribution is -2.45.